The highest BCUT2D eigenvalue weighted by atomic mass is 127. The van der Waals surface area contributed by atoms with E-state index in [-0.39, 0.29) is 61.3 Å². The van der Waals surface area contributed by atoms with Crippen LogP contribution in [-0.4, -0.2) is 121 Å². The fraction of sp³-hybridized carbons (Fsp3) is 0.381. The predicted molar refractivity (Wildman–Crippen MR) is 247 cm³/mol. The summed E-state index contributed by atoms with van der Waals surface area (Å²) in [5, 5.41) is 38.5. The second-order valence-corrected chi connectivity index (χ2v) is 17.4. The lowest BCUT2D eigenvalue weighted by atomic mass is 10.2. The van der Waals surface area contributed by atoms with Crippen molar-refractivity contribution < 1.29 is 58.4 Å². The molecule has 0 atom stereocenters. The van der Waals surface area contributed by atoms with Crippen molar-refractivity contribution in [3.8, 4) is 11.5 Å². The van der Waals surface area contributed by atoms with Gasteiger partial charge < -0.3 is 63.3 Å². The number of rotatable bonds is 17. The third kappa shape index (κ3) is 13.8. The zero-order valence-corrected chi connectivity index (χ0v) is 39.9. The van der Waals surface area contributed by atoms with Crippen LogP contribution in [0.4, 0.5) is 0 Å². The molecular weight excluding hydrogens is 1050 g/mol. The molecule has 0 saturated heterocycles. The highest BCUT2D eigenvalue weighted by molar-refractivity contribution is 14.1. The molecule has 0 saturated carbocycles. The Labute approximate surface area is 387 Å². The first-order valence-electron chi connectivity index (χ1n) is 18.6. The van der Waals surface area contributed by atoms with Crippen LogP contribution < -0.4 is 44.3 Å². The van der Waals surface area contributed by atoms with Gasteiger partial charge in [-0.15, -0.1) is 22.7 Å². The standard InChI is InChI=1S/C21H25ClNO4S.C16H12ClIO2S.C5H13NO2.HI/c1-23(10-12-24,11-13-25)9-4-14-27-17-8-7-16(22)19-20(26)15-5-2-3-6-18(15)28-21(17)19;17-11-6-7-12(20-9-3-8-18)16-14(11)15(19)10-4-1-2-5-13(10)21-16;1-6(2-4-7)3-5-8;/h2-3,5-8,24-25H,4,9-14H2,1H3;1-2,4-7H,3,8-9H2;7-8H,2-5H2,1H3;1H/q+1;;;/p-1. The monoisotopic (exact) mass is 1100 g/mol. The number of hydrogen-bond acceptors (Lipinski definition) is 11. The number of fused-ring (bicyclic) bond motifs is 4. The van der Waals surface area contributed by atoms with E-state index in [1.807, 2.05) is 79.7 Å². The predicted octanol–water partition coefficient (Wildman–Crippen LogP) is 4.45. The van der Waals surface area contributed by atoms with Gasteiger partial charge in [0.15, 0.2) is 10.9 Å². The Morgan fingerprint density at radius 3 is 1.50 bits per heavy atom. The Morgan fingerprint density at radius 2 is 1.09 bits per heavy atom. The summed E-state index contributed by atoms with van der Waals surface area (Å²) < 4.78 is 16.9. The van der Waals surface area contributed by atoms with Crippen LogP contribution in [0.5, 0.6) is 11.5 Å². The van der Waals surface area contributed by atoms with Crippen molar-refractivity contribution in [2.24, 2.45) is 0 Å². The maximum absolute atomic E-state index is 12.9. The van der Waals surface area contributed by atoms with Gasteiger partial charge in [0.25, 0.3) is 0 Å². The minimum absolute atomic E-state index is 0. The summed E-state index contributed by atoms with van der Waals surface area (Å²) in [5.41, 5.74) is -0.0985. The molecule has 58 heavy (non-hydrogen) atoms. The van der Waals surface area contributed by atoms with Gasteiger partial charge in [0.2, 0.25) is 0 Å². The van der Waals surface area contributed by atoms with Gasteiger partial charge in [-0.1, -0.05) is 70.1 Å². The number of halogens is 4. The lowest BCUT2D eigenvalue weighted by molar-refractivity contribution is -0.910. The average molecular weight is 1100 g/mol. The molecule has 6 aromatic rings. The van der Waals surface area contributed by atoms with Crippen molar-refractivity contribution in [1.29, 1.82) is 0 Å². The molecule has 316 valence electrons. The van der Waals surface area contributed by atoms with Crippen LogP contribution in [0, 0.1) is 0 Å². The van der Waals surface area contributed by atoms with E-state index in [4.69, 9.17) is 42.9 Å². The van der Waals surface area contributed by atoms with Gasteiger partial charge in [0.1, 0.15) is 24.6 Å². The smallest absolute Gasteiger partial charge is 0.197 e. The highest BCUT2D eigenvalue weighted by Gasteiger charge is 2.20. The normalized spacial score (nSPS) is 11.3. The molecule has 0 amide bonds. The fourth-order valence-corrected chi connectivity index (χ4v) is 9.29. The molecule has 0 unspecified atom stereocenters. The number of aliphatic hydroxyl groups is 4. The molecule has 0 aliphatic rings. The van der Waals surface area contributed by atoms with Gasteiger partial charge >= 0.3 is 0 Å². The van der Waals surface area contributed by atoms with Crippen molar-refractivity contribution in [3.05, 3.63) is 103 Å². The summed E-state index contributed by atoms with van der Waals surface area (Å²) in [6.07, 6.45) is 1.75. The molecule has 2 heterocycles. The SMILES string of the molecule is CN(CCO)CCO.C[N+](CCO)(CCO)CCCOc1ccc(Cl)c2c(=O)c3ccccc3sc12.O=c1c2ccccc2sc2c(OCCCI)ccc(Cl)c12.[I-]. The van der Waals surface area contributed by atoms with Crippen LogP contribution in [-0.2, 0) is 0 Å². The summed E-state index contributed by atoms with van der Waals surface area (Å²) in [5.74, 6) is 1.40. The van der Waals surface area contributed by atoms with E-state index in [0.29, 0.717) is 81.2 Å². The summed E-state index contributed by atoms with van der Waals surface area (Å²) in [7, 11) is 3.87. The fourth-order valence-electron chi connectivity index (χ4n) is 6.04. The van der Waals surface area contributed by atoms with Crippen LogP contribution in [0.2, 0.25) is 10.0 Å². The van der Waals surface area contributed by atoms with E-state index in [2.05, 4.69) is 22.6 Å². The van der Waals surface area contributed by atoms with Crippen LogP contribution in [0.25, 0.3) is 40.3 Å². The molecular formula is C42H50Cl2I2N2O8S2. The maximum Gasteiger partial charge on any atom is 0.197 e. The number of ether oxygens (including phenoxy) is 2. The van der Waals surface area contributed by atoms with Gasteiger partial charge in [-0.25, -0.2) is 0 Å². The van der Waals surface area contributed by atoms with Crippen molar-refractivity contribution in [1.82, 2.24) is 4.90 Å². The summed E-state index contributed by atoms with van der Waals surface area (Å²) in [4.78, 5) is 27.4. The number of likely N-dealkylation sites (N-methyl/N-ethyl adjacent to an activating group) is 2. The first kappa shape index (κ1) is 50.4. The van der Waals surface area contributed by atoms with E-state index < -0.39 is 0 Å². The minimum atomic E-state index is -0.0741. The molecule has 0 bridgehead atoms. The molecule has 0 aliphatic carbocycles. The van der Waals surface area contributed by atoms with E-state index in [0.717, 1.165) is 48.4 Å². The van der Waals surface area contributed by atoms with Gasteiger partial charge in [0.05, 0.1) is 83.5 Å². The summed E-state index contributed by atoms with van der Waals surface area (Å²) >= 11 is 18.0. The lowest BCUT2D eigenvalue weighted by Gasteiger charge is -2.33. The number of quaternary nitrogens is 1. The Bertz CT molecular complexity index is 2320. The summed E-state index contributed by atoms with van der Waals surface area (Å²) in [6, 6.07) is 22.2. The number of hydrogen-bond donors (Lipinski definition) is 4. The molecule has 10 nitrogen and oxygen atoms in total. The van der Waals surface area contributed by atoms with Gasteiger partial charge in [-0.05, 0) is 62.0 Å². The topological polar surface area (TPSA) is 137 Å². The zero-order valence-electron chi connectivity index (χ0n) is 32.5. The Hall–Kier alpha value is -1.94. The van der Waals surface area contributed by atoms with Gasteiger partial charge in [-0.2, -0.15) is 0 Å². The van der Waals surface area contributed by atoms with Crippen LogP contribution in [0.3, 0.4) is 0 Å². The van der Waals surface area contributed by atoms with Crippen molar-refractivity contribution in [3.63, 3.8) is 0 Å². The first-order valence-corrected chi connectivity index (χ1v) is 22.5. The number of alkyl halides is 1. The van der Waals surface area contributed by atoms with Crippen molar-refractivity contribution >= 4 is 109 Å². The van der Waals surface area contributed by atoms with Gasteiger partial charge in [-0.3, -0.25) is 9.59 Å². The highest BCUT2D eigenvalue weighted by Crippen LogP contribution is 2.37. The van der Waals surface area contributed by atoms with E-state index in [9.17, 15) is 19.8 Å². The molecule has 0 fully saturated rings. The molecule has 0 radical (unpaired) electrons. The van der Waals surface area contributed by atoms with Crippen LogP contribution in [0.15, 0.2) is 82.4 Å². The van der Waals surface area contributed by atoms with Crippen LogP contribution in [0.1, 0.15) is 12.8 Å². The third-order valence-corrected chi connectivity index (χ3v) is 12.9. The molecule has 4 N–H and O–H groups in total. The zero-order chi connectivity index (χ0) is 41.4. The minimum Gasteiger partial charge on any atom is -1.00 e. The molecule has 0 aliphatic heterocycles. The number of nitrogens with zero attached hydrogens (tertiary/aromatic N) is 2. The maximum atomic E-state index is 12.9. The second kappa shape index (κ2) is 25.7. The summed E-state index contributed by atoms with van der Waals surface area (Å²) in [6.45, 7) is 4.87. The first-order chi connectivity index (χ1) is 27.5. The Morgan fingerprint density at radius 1 is 0.655 bits per heavy atom. The van der Waals surface area contributed by atoms with Gasteiger partial charge in [0, 0.05) is 44.1 Å². The molecule has 2 aromatic heterocycles. The molecule has 16 heteroatoms. The van der Waals surface area contributed by atoms with Crippen molar-refractivity contribution in [2.45, 2.75) is 12.8 Å². The molecule has 4 aromatic carbocycles. The number of aliphatic hydroxyl groups excluding tert-OH is 4. The Balaban J connectivity index is 0.000000264. The second-order valence-electron chi connectivity index (χ2n) is 13.4. The Kier molecular flexibility index (Phi) is 22.4. The largest absolute Gasteiger partial charge is 1.00 e. The van der Waals surface area contributed by atoms with E-state index in [1.165, 1.54) is 11.3 Å². The van der Waals surface area contributed by atoms with E-state index in [1.54, 1.807) is 23.5 Å². The quantitative estimate of drug-likeness (QED) is 0.0344. The number of benzene rings is 4. The van der Waals surface area contributed by atoms with E-state index >= 15 is 0 Å². The van der Waals surface area contributed by atoms with Crippen molar-refractivity contribution in [2.75, 3.05) is 90.9 Å². The van der Waals surface area contributed by atoms with Crippen LogP contribution >= 0.6 is 68.5 Å². The molecule has 0 spiro atoms. The lowest BCUT2D eigenvalue weighted by Crippen LogP contribution is -3.00. The average Bonchev–Trinajstić information content (AvgIpc) is 3.19. The molecule has 6 rings (SSSR count). The third-order valence-electron chi connectivity index (χ3n) is 9.16.